The van der Waals surface area contributed by atoms with Gasteiger partial charge in [-0.3, -0.25) is 10.1 Å². The second-order valence-electron chi connectivity index (χ2n) is 5.15. The van der Waals surface area contributed by atoms with E-state index in [1.165, 1.54) is 29.2 Å². The Morgan fingerprint density at radius 1 is 1.38 bits per heavy atom. The molecule has 0 bridgehead atoms. The van der Waals surface area contributed by atoms with Crippen molar-refractivity contribution in [3.63, 3.8) is 0 Å². The first-order valence-electron chi connectivity index (χ1n) is 6.76. The Morgan fingerprint density at radius 3 is 2.57 bits per heavy atom. The van der Waals surface area contributed by atoms with Crippen molar-refractivity contribution < 1.29 is 18.0 Å². The minimum absolute atomic E-state index is 0.0820. The smallest absolute Gasteiger partial charge is 0.340 e. The van der Waals surface area contributed by atoms with Gasteiger partial charge in [-0.15, -0.1) is 0 Å². The van der Waals surface area contributed by atoms with Crippen molar-refractivity contribution in [2.75, 3.05) is 19.6 Å². The maximum Gasteiger partial charge on any atom is 0.407 e. The zero-order valence-corrected chi connectivity index (χ0v) is 11.4. The number of nitrogens with zero attached hydrogens (tertiary/aromatic N) is 1. The summed E-state index contributed by atoms with van der Waals surface area (Å²) in [6.07, 6.45) is -3.77. The first kappa shape index (κ1) is 15.8. The molecule has 0 radical (unpaired) electrons. The lowest BCUT2D eigenvalue weighted by Gasteiger charge is -2.23. The predicted octanol–water partition coefficient (Wildman–Crippen LogP) is 1.44. The molecule has 0 saturated carbocycles. The highest BCUT2D eigenvalue weighted by Crippen LogP contribution is 2.32. The van der Waals surface area contributed by atoms with Crippen molar-refractivity contribution >= 4 is 5.91 Å². The number of rotatable bonds is 4. The third-order valence-electron chi connectivity index (χ3n) is 3.50. The van der Waals surface area contributed by atoms with Gasteiger partial charge in [-0.1, -0.05) is 30.3 Å². The molecule has 1 amide bonds. The number of likely N-dealkylation sites (tertiary alicyclic amines) is 1. The minimum Gasteiger partial charge on any atom is -0.340 e. The van der Waals surface area contributed by atoms with Crippen LogP contribution in [0.3, 0.4) is 0 Å². The summed E-state index contributed by atoms with van der Waals surface area (Å²) >= 11 is 0. The van der Waals surface area contributed by atoms with Crippen molar-refractivity contribution in [3.05, 3.63) is 35.9 Å². The highest BCUT2D eigenvalue weighted by Gasteiger charge is 2.41. The average Bonchev–Trinajstić information content (AvgIpc) is 2.85. The van der Waals surface area contributed by atoms with Crippen LogP contribution in [0.25, 0.3) is 0 Å². The molecule has 1 heterocycles. The Balaban J connectivity index is 1.99. The molecule has 0 aromatic heterocycles. The van der Waals surface area contributed by atoms with Gasteiger partial charge in [0.25, 0.3) is 0 Å². The summed E-state index contributed by atoms with van der Waals surface area (Å²) in [5, 5.41) is 2.31. The molecule has 0 spiro atoms. The second-order valence-corrected chi connectivity index (χ2v) is 5.15. The Bertz CT molecular complexity index is 478. The zero-order chi connectivity index (χ0) is 15.5. The van der Waals surface area contributed by atoms with E-state index < -0.39 is 12.2 Å². The third-order valence-corrected chi connectivity index (χ3v) is 3.50. The minimum atomic E-state index is -4.46. The molecule has 3 N–H and O–H groups in total. The van der Waals surface area contributed by atoms with Crippen molar-refractivity contribution in [3.8, 4) is 0 Å². The summed E-state index contributed by atoms with van der Waals surface area (Å²) in [5.74, 6) is -0.354. The lowest BCUT2D eigenvalue weighted by Crippen LogP contribution is -2.42. The number of carbonyl (C=O) groups excluding carboxylic acids is 1. The van der Waals surface area contributed by atoms with E-state index in [1.807, 2.05) is 0 Å². The molecule has 1 aliphatic rings. The highest BCUT2D eigenvalue weighted by molar-refractivity contribution is 5.78. The first-order valence-corrected chi connectivity index (χ1v) is 6.76. The maximum atomic E-state index is 13.1. The average molecular weight is 301 g/mol. The predicted molar refractivity (Wildman–Crippen MR) is 72.4 cm³/mol. The van der Waals surface area contributed by atoms with E-state index in [0.717, 1.165) is 0 Å². The van der Waals surface area contributed by atoms with Gasteiger partial charge in [0.2, 0.25) is 5.91 Å². The van der Waals surface area contributed by atoms with Crippen molar-refractivity contribution in [1.29, 1.82) is 0 Å². The van der Waals surface area contributed by atoms with Crippen LogP contribution in [0.15, 0.2) is 30.3 Å². The van der Waals surface area contributed by atoms with E-state index in [0.29, 0.717) is 19.5 Å². The molecule has 1 aromatic rings. The molecule has 4 nitrogen and oxygen atoms in total. The molecule has 0 aliphatic carbocycles. The van der Waals surface area contributed by atoms with Gasteiger partial charge in [-0.25, -0.2) is 0 Å². The molecule has 21 heavy (non-hydrogen) atoms. The number of hydrogen-bond acceptors (Lipinski definition) is 3. The summed E-state index contributed by atoms with van der Waals surface area (Å²) in [5.41, 5.74) is 5.78. The fraction of sp³-hybridized carbons (Fsp3) is 0.500. The van der Waals surface area contributed by atoms with Crippen LogP contribution < -0.4 is 11.1 Å². The van der Waals surface area contributed by atoms with E-state index in [-0.39, 0.29) is 24.1 Å². The van der Waals surface area contributed by atoms with Crippen LogP contribution in [0.5, 0.6) is 0 Å². The first-order chi connectivity index (χ1) is 9.88. The molecule has 1 fully saturated rings. The molecular formula is C14H18F3N3O. The number of carbonyl (C=O) groups is 1. The second kappa shape index (κ2) is 6.44. The van der Waals surface area contributed by atoms with Crippen molar-refractivity contribution in [2.24, 2.45) is 5.73 Å². The number of halogens is 3. The van der Waals surface area contributed by atoms with Gasteiger partial charge in [-0.05, 0) is 12.0 Å². The fourth-order valence-corrected chi connectivity index (χ4v) is 2.38. The van der Waals surface area contributed by atoms with Gasteiger partial charge in [0.05, 0.1) is 6.54 Å². The normalized spacial score (nSPS) is 20.6. The number of nitrogens with two attached hydrogens (primary N) is 1. The van der Waals surface area contributed by atoms with Crippen LogP contribution in [0.4, 0.5) is 13.2 Å². The molecule has 1 aliphatic heterocycles. The monoisotopic (exact) mass is 301 g/mol. The number of nitrogens with one attached hydrogen (secondary N) is 1. The number of amides is 1. The van der Waals surface area contributed by atoms with Crippen LogP contribution in [0.1, 0.15) is 18.0 Å². The Labute approximate surface area is 121 Å². The van der Waals surface area contributed by atoms with Crippen molar-refractivity contribution in [1.82, 2.24) is 10.2 Å². The molecule has 1 saturated heterocycles. The number of benzene rings is 1. The van der Waals surface area contributed by atoms with Crippen LogP contribution >= 0.6 is 0 Å². The standard InChI is InChI=1S/C14H18F3N3O/c15-14(16,17)13(10-4-2-1-3-5-10)19-8-12(21)20-7-6-11(18)9-20/h1-5,11,13,19H,6-9,18H2/t11-,13?/m0/s1. The van der Waals surface area contributed by atoms with Gasteiger partial charge in [0, 0.05) is 19.1 Å². The summed E-state index contributed by atoms with van der Waals surface area (Å²) in [6, 6.07) is 5.57. The van der Waals surface area contributed by atoms with E-state index in [4.69, 9.17) is 5.73 Å². The Kier molecular flexibility index (Phi) is 4.84. The third kappa shape index (κ3) is 4.18. The van der Waals surface area contributed by atoms with Gasteiger partial charge in [0.1, 0.15) is 6.04 Å². The number of hydrogen-bond donors (Lipinski definition) is 2. The molecular weight excluding hydrogens is 283 g/mol. The zero-order valence-electron chi connectivity index (χ0n) is 11.4. The van der Waals surface area contributed by atoms with E-state index in [9.17, 15) is 18.0 Å². The molecule has 1 unspecified atom stereocenters. The fourth-order valence-electron chi connectivity index (χ4n) is 2.38. The van der Waals surface area contributed by atoms with Crippen LogP contribution in [-0.4, -0.2) is 42.7 Å². The van der Waals surface area contributed by atoms with E-state index in [2.05, 4.69) is 5.32 Å². The molecule has 7 heteroatoms. The van der Waals surface area contributed by atoms with Gasteiger partial charge < -0.3 is 10.6 Å². The lowest BCUT2D eigenvalue weighted by atomic mass is 10.1. The maximum absolute atomic E-state index is 13.1. The Hall–Kier alpha value is -1.60. The molecule has 2 rings (SSSR count). The highest BCUT2D eigenvalue weighted by atomic mass is 19.4. The summed E-state index contributed by atoms with van der Waals surface area (Å²) in [6.45, 7) is 0.554. The molecule has 1 aromatic carbocycles. The summed E-state index contributed by atoms with van der Waals surface area (Å²) in [7, 11) is 0. The van der Waals surface area contributed by atoms with E-state index in [1.54, 1.807) is 6.07 Å². The SMILES string of the molecule is N[C@H]1CCN(C(=O)CNC(c2ccccc2)C(F)(F)F)C1. The van der Waals surface area contributed by atoms with Crippen molar-refractivity contribution in [2.45, 2.75) is 24.7 Å². The molecule has 116 valence electrons. The molecule has 2 atom stereocenters. The van der Waals surface area contributed by atoms with Crippen LogP contribution in [-0.2, 0) is 4.79 Å². The topological polar surface area (TPSA) is 58.4 Å². The van der Waals surface area contributed by atoms with Gasteiger partial charge in [0.15, 0.2) is 0 Å². The van der Waals surface area contributed by atoms with Gasteiger partial charge >= 0.3 is 6.18 Å². The summed E-state index contributed by atoms with van der Waals surface area (Å²) < 4.78 is 39.3. The largest absolute Gasteiger partial charge is 0.407 e. The number of alkyl halides is 3. The summed E-state index contributed by atoms with van der Waals surface area (Å²) in [4.78, 5) is 13.4. The van der Waals surface area contributed by atoms with E-state index >= 15 is 0 Å². The van der Waals surface area contributed by atoms with Crippen LogP contribution in [0.2, 0.25) is 0 Å². The quantitative estimate of drug-likeness (QED) is 0.885. The lowest BCUT2D eigenvalue weighted by molar-refractivity contribution is -0.159. The van der Waals surface area contributed by atoms with Crippen LogP contribution in [0, 0.1) is 0 Å². The Morgan fingerprint density at radius 2 is 2.05 bits per heavy atom. The van der Waals surface area contributed by atoms with Gasteiger partial charge in [-0.2, -0.15) is 13.2 Å².